The SMILES string of the molecule is COc1cc2ncnc(Nc3ccc(N4CCCCC4)cc3)c2cc1NC(=O)C1CCCN1.Cl.Cl. The van der Waals surface area contributed by atoms with Crippen LogP contribution in [0.5, 0.6) is 5.75 Å². The van der Waals surface area contributed by atoms with Crippen LogP contribution in [0.1, 0.15) is 32.1 Å². The van der Waals surface area contributed by atoms with Gasteiger partial charge in [0, 0.05) is 35.9 Å². The van der Waals surface area contributed by atoms with Gasteiger partial charge in [0.15, 0.2) is 0 Å². The number of hydrogen-bond acceptors (Lipinski definition) is 7. The number of piperidine rings is 1. The molecule has 5 rings (SSSR count). The number of aromatic nitrogens is 2. The van der Waals surface area contributed by atoms with E-state index >= 15 is 0 Å². The molecule has 0 saturated carbocycles. The summed E-state index contributed by atoms with van der Waals surface area (Å²) in [5.74, 6) is 1.21. The van der Waals surface area contributed by atoms with Crippen molar-refractivity contribution in [2.75, 3.05) is 42.3 Å². The first kappa shape index (κ1) is 26.8. The van der Waals surface area contributed by atoms with Crippen LogP contribution in [0.25, 0.3) is 10.9 Å². The Kier molecular flexibility index (Phi) is 9.37. The summed E-state index contributed by atoms with van der Waals surface area (Å²) in [7, 11) is 1.59. The van der Waals surface area contributed by atoms with E-state index in [9.17, 15) is 4.79 Å². The van der Waals surface area contributed by atoms with Gasteiger partial charge in [-0.2, -0.15) is 0 Å². The van der Waals surface area contributed by atoms with E-state index < -0.39 is 0 Å². The maximum atomic E-state index is 12.7. The molecule has 2 fully saturated rings. The van der Waals surface area contributed by atoms with Crippen molar-refractivity contribution in [2.45, 2.75) is 38.1 Å². The fraction of sp³-hybridized carbons (Fsp3) is 0.400. The predicted octanol–water partition coefficient (Wildman–Crippen LogP) is 4.91. The summed E-state index contributed by atoms with van der Waals surface area (Å²) < 4.78 is 5.53. The van der Waals surface area contributed by atoms with Crippen LogP contribution in [-0.4, -0.2) is 48.7 Å². The molecule has 1 unspecified atom stereocenters. The van der Waals surface area contributed by atoms with E-state index in [1.165, 1.54) is 31.3 Å². The third-order valence-corrected chi connectivity index (χ3v) is 6.44. The molecule has 1 atom stereocenters. The van der Waals surface area contributed by atoms with E-state index in [0.29, 0.717) is 17.3 Å². The summed E-state index contributed by atoms with van der Waals surface area (Å²) in [6.07, 6.45) is 7.21. The van der Waals surface area contributed by atoms with Crippen molar-refractivity contribution >= 4 is 64.5 Å². The van der Waals surface area contributed by atoms with Gasteiger partial charge in [0.1, 0.15) is 17.9 Å². The van der Waals surface area contributed by atoms with E-state index in [0.717, 1.165) is 49.1 Å². The minimum absolute atomic E-state index is 0. The van der Waals surface area contributed by atoms with Crippen LogP contribution in [0.4, 0.5) is 22.9 Å². The largest absolute Gasteiger partial charge is 0.494 e. The third kappa shape index (κ3) is 6.07. The number of anilines is 4. The molecular formula is C25H32Cl2N6O2. The van der Waals surface area contributed by atoms with Crippen molar-refractivity contribution in [3.05, 3.63) is 42.7 Å². The fourth-order valence-corrected chi connectivity index (χ4v) is 4.62. The van der Waals surface area contributed by atoms with Gasteiger partial charge in [-0.1, -0.05) is 0 Å². The monoisotopic (exact) mass is 518 g/mol. The third-order valence-electron chi connectivity index (χ3n) is 6.44. The Morgan fingerprint density at radius 2 is 1.83 bits per heavy atom. The zero-order valence-corrected chi connectivity index (χ0v) is 21.4. The van der Waals surface area contributed by atoms with Crippen LogP contribution < -0.4 is 25.6 Å². The van der Waals surface area contributed by atoms with Gasteiger partial charge in [0.25, 0.3) is 0 Å². The van der Waals surface area contributed by atoms with Crippen molar-refractivity contribution in [3.8, 4) is 5.75 Å². The Morgan fingerprint density at radius 3 is 2.51 bits per heavy atom. The van der Waals surface area contributed by atoms with Crippen molar-refractivity contribution < 1.29 is 9.53 Å². The molecule has 2 aromatic carbocycles. The molecule has 2 saturated heterocycles. The molecule has 188 valence electrons. The van der Waals surface area contributed by atoms with Gasteiger partial charge in [-0.15, -0.1) is 24.8 Å². The molecule has 0 aliphatic carbocycles. The number of methoxy groups -OCH3 is 1. The quantitative estimate of drug-likeness (QED) is 0.427. The summed E-state index contributed by atoms with van der Waals surface area (Å²) in [6.45, 7) is 3.11. The average Bonchev–Trinajstić information content (AvgIpc) is 3.40. The van der Waals surface area contributed by atoms with Crippen molar-refractivity contribution in [1.82, 2.24) is 15.3 Å². The highest BCUT2D eigenvalue weighted by Gasteiger charge is 2.23. The zero-order chi connectivity index (χ0) is 22.6. The predicted molar refractivity (Wildman–Crippen MR) is 146 cm³/mol. The van der Waals surface area contributed by atoms with Crippen LogP contribution in [-0.2, 0) is 4.79 Å². The molecule has 10 heteroatoms. The number of rotatable bonds is 6. The molecule has 1 amide bonds. The highest BCUT2D eigenvalue weighted by molar-refractivity contribution is 6.01. The maximum Gasteiger partial charge on any atom is 0.241 e. The van der Waals surface area contributed by atoms with Crippen molar-refractivity contribution in [3.63, 3.8) is 0 Å². The normalized spacial score (nSPS) is 17.3. The number of nitrogens with zero attached hydrogens (tertiary/aromatic N) is 3. The number of carbonyl (C=O) groups is 1. The van der Waals surface area contributed by atoms with Crippen LogP contribution >= 0.6 is 24.8 Å². The first-order chi connectivity index (χ1) is 16.2. The number of hydrogen-bond donors (Lipinski definition) is 3. The van der Waals surface area contributed by atoms with Gasteiger partial charge in [0.05, 0.1) is 24.4 Å². The number of fused-ring (bicyclic) bond motifs is 1. The molecule has 0 bridgehead atoms. The first-order valence-electron chi connectivity index (χ1n) is 11.7. The molecule has 2 aliphatic heterocycles. The number of ether oxygens (including phenoxy) is 1. The van der Waals surface area contributed by atoms with E-state index in [4.69, 9.17) is 4.74 Å². The Balaban J connectivity index is 0.00000171. The second-order valence-electron chi connectivity index (χ2n) is 8.65. The smallest absolute Gasteiger partial charge is 0.241 e. The van der Waals surface area contributed by atoms with E-state index in [-0.39, 0.29) is 36.8 Å². The highest BCUT2D eigenvalue weighted by atomic mass is 35.5. The van der Waals surface area contributed by atoms with Crippen LogP contribution in [0.15, 0.2) is 42.7 Å². The molecular weight excluding hydrogens is 487 g/mol. The Labute approximate surface area is 218 Å². The summed E-state index contributed by atoms with van der Waals surface area (Å²) in [4.78, 5) is 24.0. The van der Waals surface area contributed by atoms with Gasteiger partial charge in [-0.25, -0.2) is 9.97 Å². The second-order valence-corrected chi connectivity index (χ2v) is 8.65. The zero-order valence-electron chi connectivity index (χ0n) is 19.8. The number of amides is 1. The van der Waals surface area contributed by atoms with Crippen LogP contribution in [0, 0.1) is 0 Å². The molecule has 0 radical (unpaired) electrons. The van der Waals surface area contributed by atoms with Crippen molar-refractivity contribution in [2.24, 2.45) is 0 Å². The number of nitrogens with one attached hydrogen (secondary N) is 3. The molecule has 2 aliphatic rings. The van der Waals surface area contributed by atoms with Crippen LogP contribution in [0.2, 0.25) is 0 Å². The van der Waals surface area contributed by atoms with E-state index in [1.807, 2.05) is 12.1 Å². The lowest BCUT2D eigenvalue weighted by Crippen LogP contribution is -2.35. The summed E-state index contributed by atoms with van der Waals surface area (Å²) in [5.41, 5.74) is 3.56. The van der Waals surface area contributed by atoms with Crippen LogP contribution in [0.3, 0.4) is 0 Å². The Morgan fingerprint density at radius 1 is 1.06 bits per heavy atom. The summed E-state index contributed by atoms with van der Waals surface area (Å²) >= 11 is 0. The maximum absolute atomic E-state index is 12.7. The minimum Gasteiger partial charge on any atom is -0.494 e. The second kappa shape index (κ2) is 12.2. The molecule has 3 N–H and O–H groups in total. The van der Waals surface area contributed by atoms with Gasteiger partial charge in [-0.3, -0.25) is 4.79 Å². The molecule has 3 aromatic rings. The van der Waals surface area contributed by atoms with Gasteiger partial charge in [-0.05, 0) is 69.0 Å². The lowest BCUT2D eigenvalue weighted by atomic mass is 10.1. The lowest BCUT2D eigenvalue weighted by Gasteiger charge is -2.28. The van der Waals surface area contributed by atoms with E-state index in [2.05, 4.69) is 55.1 Å². The van der Waals surface area contributed by atoms with Gasteiger partial charge >= 0.3 is 0 Å². The standard InChI is InChI=1S/C25H30N6O2.2ClH/c1-33-23-15-21-19(14-22(23)30-25(32)20-6-5-11-26-20)24(28-16-27-21)29-17-7-9-18(10-8-17)31-12-3-2-4-13-31;;/h7-10,14-16,20,26H,2-6,11-13H2,1H3,(H,30,32)(H,27,28,29);2*1H. The molecule has 1 aromatic heterocycles. The number of halogens is 2. The molecule has 3 heterocycles. The molecule has 8 nitrogen and oxygen atoms in total. The minimum atomic E-state index is -0.173. The summed E-state index contributed by atoms with van der Waals surface area (Å²) in [5, 5.41) is 10.5. The fourth-order valence-electron chi connectivity index (χ4n) is 4.62. The molecule has 0 spiro atoms. The van der Waals surface area contributed by atoms with Gasteiger partial charge in [0.2, 0.25) is 5.91 Å². The van der Waals surface area contributed by atoms with Crippen molar-refractivity contribution in [1.29, 1.82) is 0 Å². The first-order valence-corrected chi connectivity index (χ1v) is 11.7. The van der Waals surface area contributed by atoms with Gasteiger partial charge < -0.3 is 25.6 Å². The highest BCUT2D eigenvalue weighted by Crippen LogP contribution is 2.33. The Hall–Kier alpha value is -2.81. The molecule has 35 heavy (non-hydrogen) atoms. The number of benzene rings is 2. The number of carbonyl (C=O) groups excluding carboxylic acids is 1. The lowest BCUT2D eigenvalue weighted by molar-refractivity contribution is -0.117. The Bertz CT molecular complexity index is 1130. The topological polar surface area (TPSA) is 91.4 Å². The van der Waals surface area contributed by atoms with E-state index in [1.54, 1.807) is 7.11 Å². The summed E-state index contributed by atoms with van der Waals surface area (Å²) in [6, 6.07) is 12.0. The average molecular weight is 519 g/mol.